The Bertz CT molecular complexity index is 2730. The summed E-state index contributed by atoms with van der Waals surface area (Å²) in [4.78, 5) is 29.4. The summed E-state index contributed by atoms with van der Waals surface area (Å²) in [6.45, 7) is 15.1. The number of allylic oxidation sites excluding steroid dienone is 8. The van der Waals surface area contributed by atoms with Crippen LogP contribution in [-0.2, 0) is 24.9 Å². The van der Waals surface area contributed by atoms with E-state index >= 15 is 0 Å². The van der Waals surface area contributed by atoms with E-state index in [9.17, 15) is 14.7 Å². The highest BCUT2D eigenvalue weighted by molar-refractivity contribution is 6.08. The lowest BCUT2D eigenvalue weighted by molar-refractivity contribution is -0.433. The smallest absolute Gasteiger partial charge is 0.329 e. The van der Waals surface area contributed by atoms with Gasteiger partial charge in [-0.3, -0.25) is 9.36 Å². The minimum Gasteiger partial charge on any atom is -0.859 e. The van der Waals surface area contributed by atoms with Gasteiger partial charge in [0.2, 0.25) is 5.69 Å². The van der Waals surface area contributed by atoms with E-state index in [4.69, 9.17) is 0 Å². The molecule has 4 aromatic carbocycles. The molecule has 0 amide bonds. The van der Waals surface area contributed by atoms with Gasteiger partial charge in [-0.15, -0.1) is 0 Å². The van der Waals surface area contributed by atoms with Crippen LogP contribution in [0.25, 0.3) is 27.1 Å². The highest BCUT2D eigenvalue weighted by Crippen LogP contribution is 2.51. The van der Waals surface area contributed by atoms with Gasteiger partial charge in [0.05, 0.1) is 11.0 Å². The third-order valence-corrected chi connectivity index (χ3v) is 12.4. The van der Waals surface area contributed by atoms with Gasteiger partial charge >= 0.3 is 5.69 Å². The summed E-state index contributed by atoms with van der Waals surface area (Å²) in [5.41, 5.74) is 8.13. The van der Waals surface area contributed by atoms with Crippen LogP contribution in [0, 0.1) is 0 Å². The SMILES string of the molecule is CCN1/C(=C/C=C2\CCCC(/C=C/C3=[N+](CC)c4ccc5ccccc5c4C3(C)C)=C2c2c([O-])n(C)c(=O)n(C)c2=O)C(C)(C)c2c1ccc1ccccc21. The van der Waals surface area contributed by atoms with Crippen molar-refractivity contribution in [3.8, 4) is 5.88 Å². The molecule has 0 bridgehead atoms. The van der Waals surface area contributed by atoms with Crippen molar-refractivity contribution >= 4 is 44.2 Å². The van der Waals surface area contributed by atoms with Gasteiger partial charge < -0.3 is 14.6 Å². The van der Waals surface area contributed by atoms with Crippen LogP contribution in [0.2, 0.25) is 0 Å². The number of nitrogens with zero attached hydrogens (tertiary/aromatic N) is 4. The normalized spacial score (nSPS) is 19.2. The number of hydrogen-bond acceptors (Lipinski definition) is 4. The van der Waals surface area contributed by atoms with E-state index in [1.165, 1.54) is 69.6 Å². The lowest BCUT2D eigenvalue weighted by Gasteiger charge is -2.28. The van der Waals surface area contributed by atoms with Gasteiger partial charge in [-0.1, -0.05) is 80.6 Å². The first kappa shape index (κ1) is 36.3. The summed E-state index contributed by atoms with van der Waals surface area (Å²) in [5, 5.41) is 19.0. The largest absolute Gasteiger partial charge is 0.859 e. The Balaban J connectivity index is 1.32. The zero-order chi connectivity index (χ0) is 39.0. The fraction of sp³-hybridized carbons (Fsp3) is 0.312. The van der Waals surface area contributed by atoms with Crippen molar-refractivity contribution < 1.29 is 9.68 Å². The molecule has 0 unspecified atom stereocenters. The Kier molecular flexibility index (Phi) is 8.75. The van der Waals surface area contributed by atoms with Crippen molar-refractivity contribution in [2.24, 2.45) is 14.1 Å². The first-order valence-corrected chi connectivity index (χ1v) is 19.6. The number of likely N-dealkylation sites (N-methyl/N-ethyl adjacent to an activating group) is 1. The average Bonchev–Trinajstić information content (AvgIpc) is 3.56. The number of aromatic nitrogens is 2. The monoisotopic (exact) mass is 730 g/mol. The van der Waals surface area contributed by atoms with Gasteiger partial charge in [-0.25, -0.2) is 4.79 Å². The molecule has 1 aliphatic carbocycles. The number of rotatable bonds is 6. The predicted octanol–water partition coefficient (Wildman–Crippen LogP) is 8.68. The molecule has 3 aliphatic rings. The molecular formula is C48H50N4O3. The van der Waals surface area contributed by atoms with Gasteiger partial charge in [0.15, 0.2) is 5.71 Å². The third-order valence-electron chi connectivity index (χ3n) is 12.4. The van der Waals surface area contributed by atoms with E-state index in [1.807, 2.05) is 0 Å². The van der Waals surface area contributed by atoms with Crippen LogP contribution in [-0.4, -0.2) is 32.5 Å². The molecule has 0 saturated heterocycles. The minimum atomic E-state index is -0.622. The van der Waals surface area contributed by atoms with Gasteiger partial charge in [-0.2, -0.15) is 4.58 Å². The molecule has 1 aromatic heterocycles. The molecule has 280 valence electrons. The molecule has 3 heterocycles. The lowest BCUT2D eigenvalue weighted by Crippen LogP contribution is -2.40. The maximum atomic E-state index is 14.1. The van der Waals surface area contributed by atoms with E-state index in [1.54, 1.807) is 0 Å². The molecule has 55 heavy (non-hydrogen) atoms. The molecule has 0 atom stereocenters. The van der Waals surface area contributed by atoms with E-state index in [-0.39, 0.29) is 16.4 Å². The highest BCUT2D eigenvalue weighted by Gasteiger charge is 2.45. The van der Waals surface area contributed by atoms with Gasteiger partial charge in [0.1, 0.15) is 6.54 Å². The maximum absolute atomic E-state index is 14.1. The van der Waals surface area contributed by atoms with Gasteiger partial charge in [0.25, 0.3) is 5.56 Å². The number of fused-ring (bicyclic) bond motifs is 6. The molecule has 0 fully saturated rings. The van der Waals surface area contributed by atoms with E-state index < -0.39 is 17.1 Å². The molecule has 2 aliphatic heterocycles. The zero-order valence-electron chi connectivity index (χ0n) is 33.3. The molecule has 8 rings (SSSR count). The van der Waals surface area contributed by atoms with Crippen molar-refractivity contribution in [1.29, 1.82) is 0 Å². The van der Waals surface area contributed by atoms with Crippen LogP contribution in [0.1, 0.15) is 77.5 Å². The van der Waals surface area contributed by atoms with Crippen LogP contribution in [0.5, 0.6) is 5.88 Å². The standard InChI is InChI=1S/C48H50N4O3/c1-9-51-36-26-22-30-16-11-13-20-34(30)42(36)47(3,4)38(51)28-24-32-18-15-19-33(40(32)41-44(53)49(7)46(55)50(8)45(41)54)25-29-39-48(5,6)43-35-21-14-12-17-31(35)23-27-37(43)52(39)10-2/h11-14,16-17,20-29H,9-10,15,18-19H2,1-8H3/b32-24+,38-28+. The Morgan fingerprint density at radius 1 is 0.764 bits per heavy atom. The van der Waals surface area contributed by atoms with E-state index in [2.05, 4.69) is 148 Å². The highest BCUT2D eigenvalue weighted by atomic mass is 16.3. The topological polar surface area (TPSA) is 73.3 Å². The molecule has 5 aromatic rings. The molecule has 0 radical (unpaired) electrons. The Morgan fingerprint density at radius 3 is 2.09 bits per heavy atom. The molecule has 0 saturated carbocycles. The summed E-state index contributed by atoms with van der Waals surface area (Å²) < 4.78 is 4.51. The van der Waals surface area contributed by atoms with E-state index in [0.29, 0.717) is 18.4 Å². The van der Waals surface area contributed by atoms with Crippen molar-refractivity contribution in [2.45, 2.75) is 71.6 Å². The molecule has 7 nitrogen and oxygen atoms in total. The van der Waals surface area contributed by atoms with Crippen LogP contribution in [0.3, 0.4) is 0 Å². The second kappa shape index (κ2) is 13.3. The number of anilines is 1. The van der Waals surface area contributed by atoms with Gasteiger partial charge in [0, 0.05) is 55.1 Å². The lowest BCUT2D eigenvalue weighted by atomic mass is 9.78. The van der Waals surface area contributed by atoms with Crippen molar-refractivity contribution in [2.75, 3.05) is 18.0 Å². The van der Waals surface area contributed by atoms with Crippen LogP contribution in [0.4, 0.5) is 11.4 Å². The summed E-state index contributed by atoms with van der Waals surface area (Å²) in [6, 6.07) is 26.0. The Morgan fingerprint density at radius 2 is 1.42 bits per heavy atom. The predicted molar refractivity (Wildman–Crippen MR) is 225 cm³/mol. The zero-order valence-corrected chi connectivity index (χ0v) is 33.3. The minimum absolute atomic E-state index is 0.0539. The van der Waals surface area contributed by atoms with Crippen molar-refractivity contribution in [1.82, 2.24) is 9.13 Å². The third kappa shape index (κ3) is 5.42. The number of benzene rings is 4. The maximum Gasteiger partial charge on any atom is 0.329 e. The molecular weight excluding hydrogens is 681 g/mol. The van der Waals surface area contributed by atoms with Crippen LogP contribution < -0.4 is 21.3 Å². The van der Waals surface area contributed by atoms with Crippen molar-refractivity contribution in [3.05, 3.63) is 151 Å². The second-order valence-corrected chi connectivity index (χ2v) is 16.2. The molecule has 0 N–H and O–H groups in total. The first-order chi connectivity index (χ1) is 26.3. The summed E-state index contributed by atoms with van der Waals surface area (Å²) in [7, 11) is 2.91. The summed E-state index contributed by atoms with van der Waals surface area (Å²) >= 11 is 0. The first-order valence-electron chi connectivity index (χ1n) is 19.6. The molecule has 0 spiro atoms. The fourth-order valence-corrected chi connectivity index (χ4v) is 9.73. The van der Waals surface area contributed by atoms with Crippen LogP contribution in [0.15, 0.2) is 124 Å². The second-order valence-electron chi connectivity index (χ2n) is 16.2. The summed E-state index contributed by atoms with van der Waals surface area (Å²) in [6.07, 6.45) is 10.9. The van der Waals surface area contributed by atoms with Gasteiger partial charge in [-0.05, 0) is 115 Å². The van der Waals surface area contributed by atoms with E-state index in [0.717, 1.165) is 39.8 Å². The molecule has 7 heteroatoms. The Hall–Kier alpha value is -5.69. The Labute approximate surface area is 323 Å². The van der Waals surface area contributed by atoms with Crippen molar-refractivity contribution in [3.63, 3.8) is 0 Å². The quantitative estimate of drug-likeness (QED) is 0.164. The fourth-order valence-electron chi connectivity index (χ4n) is 9.73. The average molecular weight is 731 g/mol. The summed E-state index contributed by atoms with van der Waals surface area (Å²) in [5.74, 6) is -0.562. The van der Waals surface area contributed by atoms with Crippen LogP contribution >= 0.6 is 0 Å². The number of hydrogen-bond donors (Lipinski definition) is 0.